The standard InChI is InChI=1S/C14H11Cl2NO2.C2H7N/c15-10-5-3-6-11(16)14(10)17-12-7-2-1-4-9(12)8-13(18)19;1-3-2/h1-7,17H,8H2,(H,18,19);3H,1-2H3. The molecule has 0 spiro atoms. The largest absolute Gasteiger partial charge is 0.481 e. The van der Waals surface area contributed by atoms with Gasteiger partial charge >= 0.3 is 5.97 Å². The zero-order chi connectivity index (χ0) is 16.5. The van der Waals surface area contributed by atoms with Crippen LogP contribution in [0.15, 0.2) is 42.5 Å². The van der Waals surface area contributed by atoms with E-state index in [9.17, 15) is 4.79 Å². The molecule has 4 nitrogen and oxygen atoms in total. The van der Waals surface area contributed by atoms with Crippen LogP contribution in [0.3, 0.4) is 0 Å². The molecule has 0 radical (unpaired) electrons. The van der Waals surface area contributed by atoms with Crippen LogP contribution in [0.5, 0.6) is 0 Å². The Balaban J connectivity index is 0.000000745. The summed E-state index contributed by atoms with van der Waals surface area (Å²) in [5.74, 6) is -0.889. The Morgan fingerprint density at radius 1 is 1.05 bits per heavy atom. The Morgan fingerprint density at radius 2 is 1.59 bits per heavy atom. The Labute approximate surface area is 140 Å². The number of carboxylic acid groups (broad SMARTS) is 1. The predicted octanol–water partition coefficient (Wildman–Crippen LogP) is 4.20. The quantitative estimate of drug-likeness (QED) is 0.780. The molecule has 0 amide bonds. The van der Waals surface area contributed by atoms with Gasteiger partial charge < -0.3 is 15.7 Å². The second-order valence-corrected chi connectivity index (χ2v) is 5.26. The van der Waals surface area contributed by atoms with E-state index in [-0.39, 0.29) is 6.42 Å². The van der Waals surface area contributed by atoms with E-state index in [1.54, 1.807) is 36.4 Å². The van der Waals surface area contributed by atoms with Crippen molar-refractivity contribution >= 4 is 40.5 Å². The maximum atomic E-state index is 10.8. The molecule has 2 aromatic carbocycles. The van der Waals surface area contributed by atoms with Gasteiger partial charge in [-0.05, 0) is 37.9 Å². The molecule has 0 fully saturated rings. The van der Waals surface area contributed by atoms with Crippen LogP contribution in [0.2, 0.25) is 10.0 Å². The number of carboxylic acids is 1. The van der Waals surface area contributed by atoms with Gasteiger partial charge in [-0.15, -0.1) is 0 Å². The molecule has 0 aromatic heterocycles. The molecule has 3 N–H and O–H groups in total. The van der Waals surface area contributed by atoms with Crippen molar-refractivity contribution in [2.75, 3.05) is 19.4 Å². The van der Waals surface area contributed by atoms with Gasteiger partial charge in [0, 0.05) is 5.69 Å². The highest BCUT2D eigenvalue weighted by molar-refractivity contribution is 6.39. The Bertz CT molecular complexity index is 613. The smallest absolute Gasteiger partial charge is 0.307 e. The zero-order valence-corrected chi connectivity index (χ0v) is 13.9. The number of benzene rings is 2. The van der Waals surface area contributed by atoms with Crippen LogP contribution in [0.25, 0.3) is 0 Å². The molecule has 2 rings (SSSR count). The molecule has 0 saturated heterocycles. The first-order chi connectivity index (χ1) is 10.5. The van der Waals surface area contributed by atoms with Crippen molar-refractivity contribution in [3.05, 3.63) is 58.1 Å². The van der Waals surface area contributed by atoms with Gasteiger partial charge in [0.15, 0.2) is 0 Å². The van der Waals surface area contributed by atoms with Crippen molar-refractivity contribution in [3.8, 4) is 0 Å². The minimum atomic E-state index is -0.889. The van der Waals surface area contributed by atoms with Crippen LogP contribution in [0.4, 0.5) is 11.4 Å². The molecule has 0 atom stereocenters. The number of halogens is 2. The van der Waals surface area contributed by atoms with Crippen LogP contribution >= 0.6 is 23.2 Å². The molecule has 22 heavy (non-hydrogen) atoms. The monoisotopic (exact) mass is 340 g/mol. The number of aliphatic carboxylic acids is 1. The van der Waals surface area contributed by atoms with E-state index >= 15 is 0 Å². The second kappa shape index (κ2) is 9.30. The minimum absolute atomic E-state index is 0.0642. The minimum Gasteiger partial charge on any atom is -0.481 e. The van der Waals surface area contributed by atoms with E-state index in [1.807, 2.05) is 20.2 Å². The zero-order valence-electron chi connectivity index (χ0n) is 12.4. The maximum Gasteiger partial charge on any atom is 0.307 e. The normalized spacial score (nSPS) is 9.64. The Kier molecular flexibility index (Phi) is 7.74. The summed E-state index contributed by atoms with van der Waals surface area (Å²) in [5.41, 5.74) is 1.93. The number of anilines is 2. The molecule has 0 bridgehead atoms. The van der Waals surface area contributed by atoms with Gasteiger partial charge in [-0.1, -0.05) is 47.5 Å². The highest BCUT2D eigenvalue weighted by Crippen LogP contribution is 2.33. The lowest BCUT2D eigenvalue weighted by Gasteiger charge is -2.13. The average molecular weight is 341 g/mol. The first kappa shape index (κ1) is 18.3. The Morgan fingerprint density at radius 3 is 2.14 bits per heavy atom. The molecule has 0 aliphatic rings. The highest BCUT2D eigenvalue weighted by atomic mass is 35.5. The first-order valence-electron chi connectivity index (χ1n) is 6.58. The summed E-state index contributed by atoms with van der Waals surface area (Å²) in [7, 11) is 3.75. The average Bonchev–Trinajstić information content (AvgIpc) is 2.45. The molecular formula is C16H18Cl2N2O2. The fraction of sp³-hybridized carbons (Fsp3) is 0.188. The third-order valence-corrected chi connectivity index (χ3v) is 3.21. The Hall–Kier alpha value is -1.75. The van der Waals surface area contributed by atoms with E-state index in [0.29, 0.717) is 27.0 Å². The van der Waals surface area contributed by atoms with Crippen molar-refractivity contribution in [1.82, 2.24) is 5.32 Å². The molecule has 0 aliphatic carbocycles. The summed E-state index contributed by atoms with van der Waals surface area (Å²) in [6.07, 6.45) is -0.0642. The maximum absolute atomic E-state index is 10.8. The van der Waals surface area contributed by atoms with Crippen LogP contribution in [-0.2, 0) is 11.2 Å². The molecule has 6 heteroatoms. The van der Waals surface area contributed by atoms with Gasteiger partial charge in [0.25, 0.3) is 0 Å². The van der Waals surface area contributed by atoms with Gasteiger partial charge in [-0.3, -0.25) is 4.79 Å². The van der Waals surface area contributed by atoms with E-state index in [0.717, 1.165) is 0 Å². The van der Waals surface area contributed by atoms with Crippen molar-refractivity contribution in [3.63, 3.8) is 0 Å². The van der Waals surface area contributed by atoms with Crippen molar-refractivity contribution in [1.29, 1.82) is 0 Å². The number of nitrogens with one attached hydrogen (secondary N) is 2. The van der Waals surface area contributed by atoms with Crippen LogP contribution in [0, 0.1) is 0 Å². The van der Waals surface area contributed by atoms with E-state index in [1.165, 1.54) is 0 Å². The molecule has 0 saturated carbocycles. The topological polar surface area (TPSA) is 61.4 Å². The SMILES string of the molecule is CNC.O=C(O)Cc1ccccc1Nc1c(Cl)cccc1Cl. The van der Waals surface area contributed by atoms with Crippen LogP contribution < -0.4 is 10.6 Å². The lowest BCUT2D eigenvalue weighted by atomic mass is 10.1. The van der Waals surface area contributed by atoms with Gasteiger partial charge in [-0.25, -0.2) is 0 Å². The molecule has 0 aliphatic heterocycles. The summed E-state index contributed by atoms with van der Waals surface area (Å²) in [6, 6.07) is 12.3. The van der Waals surface area contributed by atoms with E-state index < -0.39 is 5.97 Å². The van der Waals surface area contributed by atoms with Gasteiger partial charge in [0.05, 0.1) is 22.2 Å². The fourth-order valence-electron chi connectivity index (χ4n) is 1.71. The second-order valence-electron chi connectivity index (χ2n) is 4.45. The molecule has 118 valence electrons. The molecule has 2 aromatic rings. The molecule has 0 heterocycles. The van der Waals surface area contributed by atoms with Gasteiger partial charge in [-0.2, -0.15) is 0 Å². The molecule has 0 unspecified atom stereocenters. The van der Waals surface area contributed by atoms with Gasteiger partial charge in [0.2, 0.25) is 0 Å². The van der Waals surface area contributed by atoms with Crippen molar-refractivity contribution in [2.45, 2.75) is 6.42 Å². The van der Waals surface area contributed by atoms with Gasteiger partial charge in [0.1, 0.15) is 0 Å². The molecular weight excluding hydrogens is 323 g/mol. The number of hydrogen-bond donors (Lipinski definition) is 3. The van der Waals surface area contributed by atoms with Crippen molar-refractivity contribution in [2.24, 2.45) is 0 Å². The number of carbonyl (C=O) groups is 1. The summed E-state index contributed by atoms with van der Waals surface area (Å²) in [5, 5.41) is 15.7. The first-order valence-corrected chi connectivity index (χ1v) is 7.34. The lowest BCUT2D eigenvalue weighted by Crippen LogP contribution is -2.04. The number of para-hydroxylation sites is 2. The van der Waals surface area contributed by atoms with E-state index in [2.05, 4.69) is 10.6 Å². The van der Waals surface area contributed by atoms with Crippen molar-refractivity contribution < 1.29 is 9.90 Å². The van der Waals surface area contributed by atoms with E-state index in [4.69, 9.17) is 28.3 Å². The van der Waals surface area contributed by atoms with Crippen LogP contribution in [0.1, 0.15) is 5.56 Å². The predicted molar refractivity (Wildman–Crippen MR) is 92.5 cm³/mol. The highest BCUT2D eigenvalue weighted by Gasteiger charge is 2.10. The number of rotatable bonds is 4. The summed E-state index contributed by atoms with van der Waals surface area (Å²) in [4.78, 5) is 10.8. The fourth-order valence-corrected chi connectivity index (χ4v) is 2.20. The summed E-state index contributed by atoms with van der Waals surface area (Å²) < 4.78 is 0. The summed E-state index contributed by atoms with van der Waals surface area (Å²) in [6.45, 7) is 0. The third kappa shape index (κ3) is 5.56. The summed E-state index contributed by atoms with van der Waals surface area (Å²) >= 11 is 12.1. The lowest BCUT2D eigenvalue weighted by molar-refractivity contribution is -0.136. The number of hydrogen-bond acceptors (Lipinski definition) is 3. The van der Waals surface area contributed by atoms with Crippen LogP contribution in [-0.4, -0.2) is 25.2 Å². The third-order valence-electron chi connectivity index (χ3n) is 2.58.